The van der Waals surface area contributed by atoms with Crippen LogP contribution in [0, 0.1) is 0 Å². The summed E-state index contributed by atoms with van der Waals surface area (Å²) in [4.78, 5) is 20.1. The second-order valence-electron chi connectivity index (χ2n) is 4.16. The van der Waals surface area contributed by atoms with E-state index in [2.05, 4.69) is 0 Å². The minimum absolute atomic E-state index is 0. The molecule has 0 atom stereocenters. The third-order valence-corrected chi connectivity index (χ3v) is 2.34. The van der Waals surface area contributed by atoms with Crippen LogP contribution in [0.5, 0.6) is 11.5 Å². The first-order valence-electron chi connectivity index (χ1n) is 6.09. The van der Waals surface area contributed by atoms with Gasteiger partial charge in [-0.2, -0.15) is 9.13 Å². The molecule has 0 aliphatic rings. The zero-order valence-electron chi connectivity index (χ0n) is 14.1. The van der Waals surface area contributed by atoms with E-state index in [1.807, 2.05) is 0 Å². The largest absolute Gasteiger partial charge is 2.00 e. The van der Waals surface area contributed by atoms with E-state index < -0.39 is 11.9 Å². The average molecular weight is 435 g/mol. The number of carbonyl (C=O) groups excluding carboxylic acids is 2. The van der Waals surface area contributed by atoms with Crippen LogP contribution in [0.25, 0.3) is 0 Å². The van der Waals surface area contributed by atoms with Crippen LogP contribution in [0.15, 0.2) is 49.1 Å². The number of aromatic nitrogens is 2. The molecule has 12 nitrogen and oxygen atoms in total. The Morgan fingerprint density at radius 3 is 1.07 bits per heavy atom. The third kappa shape index (κ3) is 16.4. The van der Waals surface area contributed by atoms with E-state index in [1.54, 1.807) is 0 Å². The molecule has 0 aliphatic heterocycles. The summed E-state index contributed by atoms with van der Waals surface area (Å²) in [6.07, 6.45) is 5.60. The maximum atomic E-state index is 10.5. The summed E-state index contributed by atoms with van der Waals surface area (Å²) in [5.74, 6) is -2.62. The minimum atomic E-state index is -1.17. The Labute approximate surface area is 164 Å². The number of pyridine rings is 2. The molecular formula is C14H24MnN2O10+4. The van der Waals surface area contributed by atoms with E-state index in [9.17, 15) is 30.0 Å². The second kappa shape index (κ2) is 18.0. The number of carbonyl (C=O) groups is 2. The number of rotatable bonds is 4. The molecule has 2 aromatic rings. The van der Waals surface area contributed by atoms with Crippen molar-refractivity contribution >= 4 is 11.9 Å². The van der Waals surface area contributed by atoms with Crippen LogP contribution in [-0.2, 0) is 61.7 Å². The first-order valence-corrected chi connectivity index (χ1v) is 6.09. The Bertz CT molecular complexity index is 580. The van der Waals surface area contributed by atoms with Crippen LogP contribution in [-0.4, -0.2) is 11.9 Å². The molecule has 13 heteroatoms. The van der Waals surface area contributed by atoms with Gasteiger partial charge in [0.05, 0.1) is 0 Å². The summed E-state index contributed by atoms with van der Waals surface area (Å²) in [7, 11) is 0. The molecule has 0 saturated heterocycles. The van der Waals surface area contributed by atoms with Crippen LogP contribution >= 0.6 is 0 Å². The molecule has 27 heavy (non-hydrogen) atoms. The Morgan fingerprint density at radius 1 is 0.667 bits per heavy atom. The molecule has 0 spiro atoms. The summed E-state index contributed by atoms with van der Waals surface area (Å²) in [5.41, 5.74) is 0. The fourth-order valence-corrected chi connectivity index (χ4v) is 1.40. The van der Waals surface area contributed by atoms with Crippen molar-refractivity contribution in [3.05, 3.63) is 49.1 Å². The first kappa shape index (κ1) is 35.3. The van der Waals surface area contributed by atoms with Gasteiger partial charge in [0.1, 0.15) is 11.9 Å². The molecule has 0 saturated carbocycles. The van der Waals surface area contributed by atoms with Gasteiger partial charge in [-0.15, -0.1) is 0 Å². The Hall–Kier alpha value is -2.80. The van der Waals surface area contributed by atoms with E-state index in [-0.39, 0.29) is 63.6 Å². The molecule has 0 aliphatic carbocycles. The maximum absolute atomic E-state index is 10.5. The van der Waals surface area contributed by atoms with Crippen molar-refractivity contribution in [2.45, 2.75) is 13.1 Å². The van der Waals surface area contributed by atoms with Crippen molar-refractivity contribution in [1.29, 1.82) is 0 Å². The second-order valence-corrected chi connectivity index (χ2v) is 4.16. The van der Waals surface area contributed by atoms with Crippen molar-refractivity contribution in [2.24, 2.45) is 0 Å². The molecule has 0 bridgehead atoms. The van der Waals surface area contributed by atoms with Gasteiger partial charge in [0.15, 0.2) is 37.9 Å². The molecule has 1 radical (unpaired) electrons. The molecule has 12 N–H and O–H groups in total. The van der Waals surface area contributed by atoms with Crippen molar-refractivity contribution < 1.29 is 78.1 Å². The van der Waals surface area contributed by atoms with Gasteiger partial charge in [0.2, 0.25) is 0 Å². The van der Waals surface area contributed by atoms with Crippen LogP contribution in [0.2, 0.25) is 0 Å². The van der Waals surface area contributed by atoms with Gasteiger partial charge in [-0.05, 0) is 24.3 Å². The zero-order chi connectivity index (χ0) is 16.5. The number of carboxylic acids is 2. The molecule has 0 unspecified atom stereocenters. The SMILES string of the molecule is O=C([O-])C[n+]1ccc([O-])cc1.O=C([O-])C[n+]1ccc([O-])cc1.[Mn+2].[OH3+].[OH3+].[OH3+].[OH3+]. The molecular weight excluding hydrogens is 411 g/mol. The molecule has 2 rings (SSSR count). The minimum Gasteiger partial charge on any atom is -0.872 e. The van der Waals surface area contributed by atoms with E-state index in [0.29, 0.717) is 0 Å². The van der Waals surface area contributed by atoms with Crippen LogP contribution < -0.4 is 29.6 Å². The summed E-state index contributed by atoms with van der Waals surface area (Å²) in [5, 5.41) is 41.1. The van der Waals surface area contributed by atoms with Crippen molar-refractivity contribution in [2.75, 3.05) is 0 Å². The summed E-state index contributed by atoms with van der Waals surface area (Å²) < 4.78 is 2.72. The van der Waals surface area contributed by atoms with Crippen LogP contribution in [0.3, 0.4) is 0 Å². The number of carboxylic acid groups (broad SMARTS) is 2. The van der Waals surface area contributed by atoms with Gasteiger partial charge in [0, 0.05) is 0 Å². The Kier molecular flexibility index (Phi) is 23.6. The molecule has 0 fully saturated rings. The fraction of sp³-hybridized carbons (Fsp3) is 0.143. The van der Waals surface area contributed by atoms with Gasteiger partial charge in [0.25, 0.3) is 0 Å². The van der Waals surface area contributed by atoms with Gasteiger partial charge in [-0.3, -0.25) is 0 Å². The van der Waals surface area contributed by atoms with E-state index >= 15 is 0 Å². The number of nitrogens with zero attached hydrogens (tertiary/aromatic N) is 2. The van der Waals surface area contributed by atoms with E-state index in [1.165, 1.54) is 58.2 Å². The zero-order valence-corrected chi connectivity index (χ0v) is 15.2. The average Bonchev–Trinajstić information content (AvgIpc) is 2.44. The standard InChI is InChI=1S/2C7H7NO3.Mn.4H2O/c2*9-6-1-3-8(4-2-6)5-7(10)11;;;;;/h2*1-4H,5H2,(H,10,11);;4*1H2/q;;+2;;;;/p+2. The fourth-order valence-electron chi connectivity index (χ4n) is 1.40. The van der Waals surface area contributed by atoms with Gasteiger partial charge in [-0.25, -0.2) is 0 Å². The van der Waals surface area contributed by atoms with Crippen molar-refractivity contribution in [1.82, 2.24) is 0 Å². The summed E-state index contributed by atoms with van der Waals surface area (Å²) in [6, 6.07) is 5.18. The quantitative estimate of drug-likeness (QED) is 0.255. The molecule has 153 valence electrons. The normalized spacial score (nSPS) is 7.70. The van der Waals surface area contributed by atoms with Crippen molar-refractivity contribution in [3.63, 3.8) is 0 Å². The molecule has 0 aromatic carbocycles. The van der Waals surface area contributed by atoms with Crippen LogP contribution in [0.4, 0.5) is 0 Å². The summed E-state index contributed by atoms with van der Waals surface area (Å²) in [6.45, 7) is -0.444. The first-order chi connectivity index (χ1) is 10.4. The number of hydrogen-bond donors (Lipinski definition) is 0. The predicted molar refractivity (Wildman–Crippen MR) is 81.7 cm³/mol. The molecule has 0 amide bonds. The summed E-state index contributed by atoms with van der Waals surface area (Å²) >= 11 is 0. The molecule has 2 heterocycles. The van der Waals surface area contributed by atoms with E-state index in [4.69, 9.17) is 0 Å². The number of hydrogen-bond acceptors (Lipinski definition) is 6. The molecule has 2 aromatic heterocycles. The van der Waals surface area contributed by atoms with Gasteiger partial charge < -0.3 is 51.9 Å². The van der Waals surface area contributed by atoms with Crippen molar-refractivity contribution in [3.8, 4) is 11.5 Å². The third-order valence-electron chi connectivity index (χ3n) is 2.34. The predicted octanol–water partition coefficient (Wildman–Crippen LogP) is -8.09. The smallest absolute Gasteiger partial charge is 0.872 e. The number of aliphatic carboxylic acids is 2. The van der Waals surface area contributed by atoms with Crippen LogP contribution in [0.1, 0.15) is 0 Å². The topological polar surface area (TPSA) is 266 Å². The Balaban J connectivity index is -0.000000101. The Morgan fingerprint density at radius 2 is 0.889 bits per heavy atom. The van der Waals surface area contributed by atoms with Gasteiger partial charge in [-0.1, -0.05) is 11.5 Å². The van der Waals surface area contributed by atoms with Gasteiger partial charge >= 0.3 is 17.1 Å². The monoisotopic (exact) mass is 435 g/mol. The van der Waals surface area contributed by atoms with E-state index in [0.717, 1.165) is 0 Å². The maximum Gasteiger partial charge on any atom is 2.00 e.